The number of phenolic OH excluding ortho intramolecular Hbond substituents is 3. The molecule has 0 saturated carbocycles. The van der Waals surface area contributed by atoms with E-state index in [2.05, 4.69) is 0 Å². The van der Waals surface area contributed by atoms with Crippen LogP contribution in [0.25, 0.3) is 0 Å². The molecule has 78 valence electrons. The number of halogens is 2. The maximum absolute atomic E-state index is 9.64. The van der Waals surface area contributed by atoms with E-state index < -0.39 is 5.75 Å². The van der Waals surface area contributed by atoms with Gasteiger partial charge in [-0.25, -0.2) is 0 Å². The molecule has 0 aliphatic rings. The summed E-state index contributed by atoms with van der Waals surface area (Å²) in [5, 5.41) is 28.5. The van der Waals surface area contributed by atoms with Gasteiger partial charge in [0, 0.05) is 9.13 Å². The molecule has 0 fully saturated rings. The molecule has 0 amide bonds. The number of hydrogen-bond donors (Lipinski definition) is 3. The van der Waals surface area contributed by atoms with Crippen LogP contribution in [0.1, 0.15) is 25.3 Å². The molecule has 1 aromatic carbocycles. The van der Waals surface area contributed by atoms with Crippen LogP contribution < -0.4 is 0 Å². The summed E-state index contributed by atoms with van der Waals surface area (Å²) >= 11 is 3.99. The lowest BCUT2D eigenvalue weighted by Gasteiger charge is -2.15. The Morgan fingerprint density at radius 2 is 1.36 bits per heavy atom. The SMILES string of the molecule is CC(C)c1c(O)c(O)c(O)c(I)c1I. The van der Waals surface area contributed by atoms with Gasteiger partial charge in [0.05, 0.1) is 3.57 Å². The Kier molecular flexibility index (Phi) is 3.73. The molecule has 0 heterocycles. The molecular weight excluding hydrogens is 410 g/mol. The second kappa shape index (κ2) is 4.30. The van der Waals surface area contributed by atoms with Crippen LogP contribution in [-0.4, -0.2) is 15.3 Å². The van der Waals surface area contributed by atoms with Gasteiger partial charge in [0.1, 0.15) is 0 Å². The van der Waals surface area contributed by atoms with Crippen molar-refractivity contribution in [2.75, 3.05) is 0 Å². The lowest BCUT2D eigenvalue weighted by molar-refractivity contribution is 0.361. The van der Waals surface area contributed by atoms with Gasteiger partial charge in [0.2, 0.25) is 5.75 Å². The number of rotatable bonds is 1. The molecule has 0 aliphatic carbocycles. The van der Waals surface area contributed by atoms with Gasteiger partial charge in [0.15, 0.2) is 11.5 Å². The Hall–Kier alpha value is 0.0800. The fourth-order valence-electron chi connectivity index (χ4n) is 1.20. The molecule has 3 nitrogen and oxygen atoms in total. The van der Waals surface area contributed by atoms with E-state index in [0.29, 0.717) is 9.13 Å². The molecule has 1 rings (SSSR count). The quantitative estimate of drug-likeness (QED) is 0.484. The van der Waals surface area contributed by atoms with Crippen molar-refractivity contribution >= 4 is 45.2 Å². The van der Waals surface area contributed by atoms with Crippen molar-refractivity contribution in [3.63, 3.8) is 0 Å². The molecule has 5 heteroatoms. The van der Waals surface area contributed by atoms with E-state index >= 15 is 0 Å². The van der Waals surface area contributed by atoms with Crippen LogP contribution in [-0.2, 0) is 0 Å². The van der Waals surface area contributed by atoms with Crippen molar-refractivity contribution in [2.24, 2.45) is 0 Å². The van der Waals surface area contributed by atoms with Crippen LogP contribution in [0, 0.1) is 7.14 Å². The second-order valence-electron chi connectivity index (χ2n) is 3.24. The largest absolute Gasteiger partial charge is 0.504 e. The average Bonchev–Trinajstić information content (AvgIpc) is 2.11. The summed E-state index contributed by atoms with van der Waals surface area (Å²) in [6, 6.07) is 0. The summed E-state index contributed by atoms with van der Waals surface area (Å²) in [7, 11) is 0. The van der Waals surface area contributed by atoms with Crippen molar-refractivity contribution in [3.8, 4) is 17.2 Å². The van der Waals surface area contributed by atoms with Crippen LogP contribution in [0.15, 0.2) is 0 Å². The first-order valence-corrected chi connectivity index (χ1v) is 6.15. The summed E-state index contributed by atoms with van der Waals surface area (Å²) in [5.41, 5.74) is 0.672. The van der Waals surface area contributed by atoms with Gasteiger partial charge in [-0.3, -0.25) is 0 Å². The molecular formula is C9H10I2O3. The molecule has 0 spiro atoms. The normalized spacial score (nSPS) is 10.9. The molecule has 0 saturated heterocycles. The Labute approximate surface area is 109 Å². The zero-order chi connectivity index (χ0) is 11.0. The summed E-state index contributed by atoms with van der Waals surface area (Å²) in [6.07, 6.45) is 0. The van der Waals surface area contributed by atoms with E-state index in [1.165, 1.54) is 0 Å². The molecule has 0 radical (unpaired) electrons. The van der Waals surface area contributed by atoms with Gasteiger partial charge in [-0.1, -0.05) is 13.8 Å². The van der Waals surface area contributed by atoms with Crippen LogP contribution >= 0.6 is 45.2 Å². The molecule has 1 aromatic rings. The van der Waals surface area contributed by atoms with E-state index in [9.17, 15) is 15.3 Å². The highest BCUT2D eigenvalue weighted by Crippen LogP contribution is 2.46. The summed E-state index contributed by atoms with van der Waals surface area (Å²) in [4.78, 5) is 0. The molecule has 3 N–H and O–H groups in total. The van der Waals surface area contributed by atoms with Crippen LogP contribution in [0.3, 0.4) is 0 Å². The highest BCUT2D eigenvalue weighted by atomic mass is 127. The number of phenols is 3. The van der Waals surface area contributed by atoms with Gasteiger partial charge < -0.3 is 15.3 Å². The van der Waals surface area contributed by atoms with Gasteiger partial charge >= 0.3 is 0 Å². The highest BCUT2D eigenvalue weighted by Gasteiger charge is 2.22. The summed E-state index contributed by atoms with van der Waals surface area (Å²) < 4.78 is 1.35. The predicted molar refractivity (Wildman–Crippen MR) is 71.0 cm³/mol. The van der Waals surface area contributed by atoms with Crippen LogP contribution in [0.4, 0.5) is 0 Å². The lowest BCUT2D eigenvalue weighted by atomic mass is 10.0. The number of benzene rings is 1. The second-order valence-corrected chi connectivity index (χ2v) is 5.40. The van der Waals surface area contributed by atoms with Crippen molar-refractivity contribution < 1.29 is 15.3 Å². The fraction of sp³-hybridized carbons (Fsp3) is 0.333. The third-order valence-electron chi connectivity index (χ3n) is 1.92. The average molecular weight is 420 g/mol. The van der Waals surface area contributed by atoms with E-state index in [1.807, 2.05) is 59.0 Å². The maximum Gasteiger partial charge on any atom is 0.201 e. The van der Waals surface area contributed by atoms with Gasteiger partial charge in [-0.15, -0.1) is 0 Å². The first-order valence-electron chi connectivity index (χ1n) is 3.99. The van der Waals surface area contributed by atoms with Crippen molar-refractivity contribution in [1.29, 1.82) is 0 Å². The molecule has 0 bridgehead atoms. The highest BCUT2D eigenvalue weighted by molar-refractivity contribution is 14.1. The topological polar surface area (TPSA) is 60.7 Å². The third-order valence-corrected chi connectivity index (χ3v) is 5.12. The van der Waals surface area contributed by atoms with Crippen LogP contribution in [0.2, 0.25) is 0 Å². The Morgan fingerprint density at radius 3 is 1.79 bits per heavy atom. The summed E-state index contributed by atoms with van der Waals surface area (Å²) in [5.74, 6) is -0.806. The number of hydrogen-bond acceptors (Lipinski definition) is 3. The monoisotopic (exact) mass is 420 g/mol. The van der Waals surface area contributed by atoms with E-state index in [-0.39, 0.29) is 17.4 Å². The molecule has 0 unspecified atom stereocenters. The predicted octanol–water partition coefficient (Wildman–Crippen LogP) is 3.14. The molecule has 14 heavy (non-hydrogen) atoms. The Morgan fingerprint density at radius 1 is 0.857 bits per heavy atom. The van der Waals surface area contributed by atoms with E-state index in [4.69, 9.17) is 0 Å². The minimum absolute atomic E-state index is 0.0990. The summed E-state index contributed by atoms with van der Waals surface area (Å²) in [6.45, 7) is 3.84. The van der Waals surface area contributed by atoms with Crippen molar-refractivity contribution in [2.45, 2.75) is 19.8 Å². The molecule has 0 atom stereocenters. The molecule has 0 aliphatic heterocycles. The van der Waals surface area contributed by atoms with Gasteiger partial charge in [0.25, 0.3) is 0 Å². The Bertz CT molecular complexity index is 346. The van der Waals surface area contributed by atoms with E-state index in [1.54, 1.807) is 0 Å². The lowest BCUT2D eigenvalue weighted by Crippen LogP contribution is -1.96. The van der Waals surface area contributed by atoms with Crippen molar-refractivity contribution in [3.05, 3.63) is 12.7 Å². The minimum Gasteiger partial charge on any atom is -0.504 e. The standard InChI is InChI=1S/C9H10I2O3/c1-3(2)4-5(10)6(11)8(13)9(14)7(4)12/h3,12-14H,1-2H3. The minimum atomic E-state index is -0.432. The zero-order valence-electron chi connectivity index (χ0n) is 7.67. The Balaban J connectivity index is 3.60. The van der Waals surface area contributed by atoms with Gasteiger partial charge in [-0.2, -0.15) is 0 Å². The smallest absolute Gasteiger partial charge is 0.201 e. The maximum atomic E-state index is 9.64. The zero-order valence-corrected chi connectivity index (χ0v) is 12.0. The van der Waals surface area contributed by atoms with Crippen LogP contribution in [0.5, 0.6) is 17.2 Å². The first kappa shape index (κ1) is 12.2. The van der Waals surface area contributed by atoms with Crippen molar-refractivity contribution in [1.82, 2.24) is 0 Å². The fourth-order valence-corrected chi connectivity index (χ4v) is 2.88. The molecule has 0 aromatic heterocycles. The van der Waals surface area contributed by atoms with E-state index in [0.717, 1.165) is 3.57 Å². The third kappa shape index (κ3) is 1.88. The van der Waals surface area contributed by atoms with Gasteiger partial charge in [-0.05, 0) is 51.1 Å². The first-order chi connectivity index (χ1) is 6.37. The number of aromatic hydroxyl groups is 3.